The van der Waals surface area contributed by atoms with E-state index in [1.807, 2.05) is 0 Å². The molecule has 18 heavy (non-hydrogen) atoms. The second-order valence-electron chi connectivity index (χ2n) is 4.18. The highest BCUT2D eigenvalue weighted by molar-refractivity contribution is 5.31. The molecule has 2 atom stereocenters. The van der Waals surface area contributed by atoms with Gasteiger partial charge in [-0.1, -0.05) is 0 Å². The van der Waals surface area contributed by atoms with E-state index in [1.54, 1.807) is 7.05 Å². The van der Waals surface area contributed by atoms with Gasteiger partial charge in [0.25, 0.3) is 0 Å². The quantitative estimate of drug-likeness (QED) is 0.840. The number of rotatable bonds is 4. The zero-order chi connectivity index (χ0) is 13.1. The predicted molar refractivity (Wildman–Crippen MR) is 60.4 cm³/mol. The van der Waals surface area contributed by atoms with E-state index in [0.717, 1.165) is 0 Å². The average molecular weight is 259 g/mol. The van der Waals surface area contributed by atoms with Crippen molar-refractivity contribution in [2.75, 3.05) is 20.3 Å². The number of ether oxygens (including phenoxy) is 2. The highest BCUT2D eigenvalue weighted by Gasteiger charge is 2.30. The molecule has 1 aliphatic rings. The van der Waals surface area contributed by atoms with Crippen molar-refractivity contribution in [1.82, 2.24) is 5.32 Å². The first-order chi connectivity index (χ1) is 8.61. The van der Waals surface area contributed by atoms with E-state index < -0.39 is 29.6 Å². The minimum absolute atomic E-state index is 0.117. The van der Waals surface area contributed by atoms with Crippen molar-refractivity contribution >= 4 is 0 Å². The van der Waals surface area contributed by atoms with Gasteiger partial charge in [-0.05, 0) is 24.7 Å². The number of aliphatic hydroxyl groups is 1. The maximum Gasteiger partial charge on any atom is 0.191 e. The Morgan fingerprint density at radius 3 is 2.56 bits per heavy atom. The monoisotopic (exact) mass is 259 g/mol. The summed E-state index contributed by atoms with van der Waals surface area (Å²) in [5.74, 6) is -2.02. The highest BCUT2D eigenvalue weighted by Crippen LogP contribution is 2.26. The zero-order valence-corrected chi connectivity index (χ0v) is 9.95. The van der Waals surface area contributed by atoms with Gasteiger partial charge in [-0.25, -0.2) is 8.78 Å². The maximum atomic E-state index is 13.7. The summed E-state index contributed by atoms with van der Waals surface area (Å²) in [6.07, 6.45) is -1.59. The van der Waals surface area contributed by atoms with E-state index in [-0.39, 0.29) is 13.2 Å². The summed E-state index contributed by atoms with van der Waals surface area (Å²) < 4.78 is 37.5. The molecule has 1 aromatic carbocycles. The van der Waals surface area contributed by atoms with Crippen molar-refractivity contribution in [3.63, 3.8) is 0 Å². The summed E-state index contributed by atoms with van der Waals surface area (Å²) in [4.78, 5) is 0. The van der Waals surface area contributed by atoms with Crippen LogP contribution in [0.1, 0.15) is 5.56 Å². The van der Waals surface area contributed by atoms with Gasteiger partial charge in [0.1, 0.15) is 6.10 Å². The smallest absolute Gasteiger partial charge is 0.191 e. The van der Waals surface area contributed by atoms with Crippen molar-refractivity contribution in [3.05, 3.63) is 29.3 Å². The number of aliphatic hydroxyl groups excluding tert-OH is 1. The average Bonchev–Trinajstić information content (AvgIpc) is 2.70. The number of hydrogen-bond acceptors (Lipinski definition) is 4. The molecule has 0 aromatic heterocycles. The van der Waals surface area contributed by atoms with E-state index in [0.29, 0.717) is 12.1 Å². The van der Waals surface area contributed by atoms with Crippen LogP contribution in [0.15, 0.2) is 12.1 Å². The molecule has 1 heterocycles. The fraction of sp³-hybridized carbons (Fsp3) is 0.500. The molecule has 0 radical (unpaired) electrons. The molecular weight excluding hydrogens is 244 g/mol. The standard InChI is InChI=1S/C12H15F2NO3/c1-15-4-7-2-8(13)12(9(14)3-7)18-11-6-17-5-10(11)16/h2-3,10-11,15-16H,4-6H2,1H3. The Morgan fingerprint density at radius 2 is 2.06 bits per heavy atom. The Balaban J connectivity index is 2.17. The van der Waals surface area contributed by atoms with Crippen molar-refractivity contribution in [2.45, 2.75) is 18.8 Å². The Labute approximate surface area is 104 Å². The van der Waals surface area contributed by atoms with E-state index in [4.69, 9.17) is 9.47 Å². The normalized spacial score (nSPS) is 23.3. The molecule has 1 aliphatic heterocycles. The van der Waals surface area contributed by atoms with Crippen LogP contribution in [0, 0.1) is 11.6 Å². The Kier molecular flexibility index (Phi) is 4.11. The van der Waals surface area contributed by atoms with Gasteiger partial charge in [-0.3, -0.25) is 0 Å². The first-order valence-corrected chi connectivity index (χ1v) is 5.66. The van der Waals surface area contributed by atoms with Gasteiger partial charge in [0.05, 0.1) is 13.2 Å². The summed E-state index contributed by atoms with van der Waals surface area (Å²) >= 11 is 0. The number of halogens is 2. The number of nitrogens with one attached hydrogen (secondary N) is 1. The van der Waals surface area contributed by atoms with Crippen LogP contribution in [-0.2, 0) is 11.3 Å². The molecule has 6 heteroatoms. The topological polar surface area (TPSA) is 50.7 Å². The van der Waals surface area contributed by atoms with E-state index in [2.05, 4.69) is 5.32 Å². The second kappa shape index (κ2) is 5.60. The second-order valence-corrected chi connectivity index (χ2v) is 4.18. The van der Waals surface area contributed by atoms with Crippen molar-refractivity contribution in [2.24, 2.45) is 0 Å². The molecule has 1 fully saturated rings. The van der Waals surface area contributed by atoms with Crippen molar-refractivity contribution in [3.8, 4) is 5.75 Å². The lowest BCUT2D eigenvalue weighted by Gasteiger charge is -2.17. The van der Waals surface area contributed by atoms with Gasteiger partial charge in [0, 0.05) is 6.54 Å². The molecule has 0 spiro atoms. The summed E-state index contributed by atoms with van der Waals surface area (Å²) in [6, 6.07) is 2.41. The van der Waals surface area contributed by atoms with Crippen LogP contribution in [0.2, 0.25) is 0 Å². The first kappa shape index (κ1) is 13.2. The molecule has 0 aliphatic carbocycles. The molecule has 2 unspecified atom stereocenters. The molecule has 0 amide bonds. The van der Waals surface area contributed by atoms with Gasteiger partial charge < -0.3 is 19.9 Å². The lowest BCUT2D eigenvalue weighted by molar-refractivity contribution is 0.0679. The largest absolute Gasteiger partial charge is 0.479 e. The third-order valence-electron chi connectivity index (χ3n) is 2.71. The Morgan fingerprint density at radius 1 is 1.39 bits per heavy atom. The van der Waals surface area contributed by atoms with Crippen LogP contribution in [0.25, 0.3) is 0 Å². The molecule has 1 aromatic rings. The summed E-state index contributed by atoms with van der Waals surface area (Å²) in [7, 11) is 1.69. The number of hydrogen-bond donors (Lipinski definition) is 2. The first-order valence-electron chi connectivity index (χ1n) is 5.66. The van der Waals surface area contributed by atoms with Gasteiger partial charge in [0.15, 0.2) is 23.5 Å². The van der Waals surface area contributed by atoms with E-state index in [9.17, 15) is 13.9 Å². The minimum atomic E-state index is -0.860. The molecule has 1 saturated heterocycles. The Bertz CT molecular complexity index is 405. The number of benzene rings is 1. The molecule has 0 bridgehead atoms. The van der Waals surface area contributed by atoms with Crippen molar-refractivity contribution < 1.29 is 23.4 Å². The lowest BCUT2D eigenvalue weighted by atomic mass is 10.2. The molecular formula is C12H15F2NO3. The van der Waals surface area contributed by atoms with E-state index in [1.165, 1.54) is 12.1 Å². The fourth-order valence-electron chi connectivity index (χ4n) is 1.82. The van der Waals surface area contributed by atoms with Crippen LogP contribution in [0.5, 0.6) is 5.75 Å². The SMILES string of the molecule is CNCc1cc(F)c(OC2COCC2O)c(F)c1. The summed E-state index contributed by atoms with van der Waals surface area (Å²) in [6.45, 7) is 0.605. The van der Waals surface area contributed by atoms with Gasteiger partial charge in [-0.2, -0.15) is 0 Å². The third kappa shape index (κ3) is 2.77. The maximum absolute atomic E-state index is 13.7. The lowest BCUT2D eigenvalue weighted by Crippen LogP contribution is -2.30. The highest BCUT2D eigenvalue weighted by atomic mass is 19.1. The predicted octanol–water partition coefficient (Wildman–Crippen LogP) is 0.823. The molecule has 4 nitrogen and oxygen atoms in total. The minimum Gasteiger partial charge on any atom is -0.479 e. The fourth-order valence-corrected chi connectivity index (χ4v) is 1.82. The third-order valence-corrected chi connectivity index (χ3v) is 2.71. The van der Waals surface area contributed by atoms with E-state index >= 15 is 0 Å². The van der Waals surface area contributed by atoms with Gasteiger partial charge >= 0.3 is 0 Å². The van der Waals surface area contributed by atoms with Crippen LogP contribution in [-0.4, -0.2) is 37.6 Å². The molecule has 2 rings (SSSR count). The van der Waals surface area contributed by atoms with Gasteiger partial charge in [-0.15, -0.1) is 0 Å². The summed E-state index contributed by atoms with van der Waals surface area (Å²) in [5.41, 5.74) is 0.489. The molecule has 0 saturated carbocycles. The van der Waals surface area contributed by atoms with Crippen LogP contribution < -0.4 is 10.1 Å². The zero-order valence-electron chi connectivity index (χ0n) is 9.95. The van der Waals surface area contributed by atoms with Crippen LogP contribution in [0.3, 0.4) is 0 Å². The van der Waals surface area contributed by atoms with Crippen LogP contribution >= 0.6 is 0 Å². The van der Waals surface area contributed by atoms with Crippen LogP contribution in [0.4, 0.5) is 8.78 Å². The van der Waals surface area contributed by atoms with Gasteiger partial charge in [0.2, 0.25) is 0 Å². The Hall–Kier alpha value is -1.24. The summed E-state index contributed by atoms with van der Waals surface area (Å²) in [5, 5.41) is 12.3. The molecule has 100 valence electrons. The van der Waals surface area contributed by atoms with Crippen molar-refractivity contribution in [1.29, 1.82) is 0 Å². The molecule has 2 N–H and O–H groups in total.